The molecular weight excluding hydrogens is 284 g/mol. The van der Waals surface area contributed by atoms with Gasteiger partial charge in [-0.2, -0.15) is 0 Å². The molecule has 1 aliphatic rings. The van der Waals surface area contributed by atoms with Gasteiger partial charge in [-0.3, -0.25) is 9.59 Å². The van der Waals surface area contributed by atoms with Crippen LogP contribution in [0.25, 0.3) is 10.8 Å². The molecule has 2 aromatic carbocycles. The highest BCUT2D eigenvalue weighted by atomic mass is 16.4. The lowest BCUT2D eigenvalue weighted by Crippen LogP contribution is -2.50. The third-order valence-electron chi connectivity index (χ3n) is 3.69. The van der Waals surface area contributed by atoms with Crippen LogP contribution in [-0.4, -0.2) is 47.4 Å². The predicted molar refractivity (Wildman–Crippen MR) is 79.8 cm³/mol. The smallest absolute Gasteiger partial charge is 0.336 e. The fraction of sp³-hybridized carbons (Fsp3) is 0.188. The molecule has 112 valence electrons. The summed E-state index contributed by atoms with van der Waals surface area (Å²) in [6.07, 6.45) is 0. The Bertz CT molecular complexity index is 780. The first-order chi connectivity index (χ1) is 10.6. The van der Waals surface area contributed by atoms with Crippen LogP contribution in [0, 0.1) is 0 Å². The van der Waals surface area contributed by atoms with E-state index in [2.05, 4.69) is 5.32 Å². The van der Waals surface area contributed by atoms with Crippen molar-refractivity contribution >= 4 is 28.6 Å². The molecule has 1 fully saturated rings. The van der Waals surface area contributed by atoms with Crippen molar-refractivity contribution in [2.45, 2.75) is 0 Å². The van der Waals surface area contributed by atoms with Gasteiger partial charge in [0.15, 0.2) is 0 Å². The van der Waals surface area contributed by atoms with Gasteiger partial charge in [0.1, 0.15) is 0 Å². The van der Waals surface area contributed by atoms with Gasteiger partial charge in [-0.15, -0.1) is 0 Å². The molecule has 2 N–H and O–H groups in total. The van der Waals surface area contributed by atoms with Crippen LogP contribution in [0.3, 0.4) is 0 Å². The molecule has 0 aliphatic carbocycles. The number of nitrogens with one attached hydrogen (secondary N) is 1. The number of carbonyl (C=O) groups excluding carboxylic acids is 2. The molecule has 1 aliphatic heterocycles. The van der Waals surface area contributed by atoms with Crippen molar-refractivity contribution in [1.82, 2.24) is 10.2 Å². The molecule has 22 heavy (non-hydrogen) atoms. The highest BCUT2D eigenvalue weighted by Gasteiger charge is 2.25. The van der Waals surface area contributed by atoms with Gasteiger partial charge in [0.25, 0.3) is 5.91 Å². The van der Waals surface area contributed by atoms with Gasteiger partial charge in [-0.05, 0) is 17.5 Å². The molecule has 0 atom stereocenters. The van der Waals surface area contributed by atoms with Crippen molar-refractivity contribution in [2.75, 3.05) is 19.6 Å². The van der Waals surface area contributed by atoms with E-state index in [1.165, 1.54) is 11.0 Å². The summed E-state index contributed by atoms with van der Waals surface area (Å²) < 4.78 is 0. The van der Waals surface area contributed by atoms with Gasteiger partial charge in [-0.1, -0.05) is 24.3 Å². The second-order valence-corrected chi connectivity index (χ2v) is 5.09. The van der Waals surface area contributed by atoms with Crippen LogP contribution in [0.4, 0.5) is 0 Å². The lowest BCUT2D eigenvalue weighted by molar-refractivity contribution is -0.123. The minimum absolute atomic E-state index is 0.00946. The van der Waals surface area contributed by atoms with E-state index in [1.54, 1.807) is 30.3 Å². The number of carboxylic acids is 1. The predicted octanol–water partition coefficient (Wildman–Crippen LogP) is 1.11. The van der Waals surface area contributed by atoms with Crippen molar-refractivity contribution in [3.05, 3.63) is 47.5 Å². The third-order valence-corrected chi connectivity index (χ3v) is 3.69. The summed E-state index contributed by atoms with van der Waals surface area (Å²) >= 11 is 0. The van der Waals surface area contributed by atoms with Crippen molar-refractivity contribution in [2.24, 2.45) is 0 Å². The zero-order valence-electron chi connectivity index (χ0n) is 11.7. The Morgan fingerprint density at radius 1 is 1.09 bits per heavy atom. The van der Waals surface area contributed by atoms with Crippen LogP contribution in [0.5, 0.6) is 0 Å². The van der Waals surface area contributed by atoms with E-state index < -0.39 is 5.97 Å². The maximum Gasteiger partial charge on any atom is 0.336 e. The number of piperazine rings is 1. The molecule has 0 unspecified atom stereocenters. The maximum atomic E-state index is 12.7. The Labute approximate surface area is 126 Å². The number of amides is 2. The van der Waals surface area contributed by atoms with Crippen molar-refractivity contribution in [3.8, 4) is 0 Å². The number of fused-ring (bicyclic) bond motifs is 1. The van der Waals surface area contributed by atoms with E-state index >= 15 is 0 Å². The molecule has 1 saturated heterocycles. The Balaban J connectivity index is 2.12. The Kier molecular flexibility index (Phi) is 3.50. The van der Waals surface area contributed by atoms with E-state index in [0.29, 0.717) is 29.4 Å². The van der Waals surface area contributed by atoms with Crippen LogP contribution in [0.2, 0.25) is 0 Å². The molecule has 0 radical (unpaired) electrons. The number of carbonyl (C=O) groups is 3. The normalized spacial score (nSPS) is 14.7. The van der Waals surface area contributed by atoms with Crippen molar-refractivity contribution in [1.29, 1.82) is 0 Å². The molecule has 2 aromatic rings. The van der Waals surface area contributed by atoms with Gasteiger partial charge in [0.2, 0.25) is 5.91 Å². The largest absolute Gasteiger partial charge is 0.478 e. The SMILES string of the molecule is O=C1CN(C(=O)c2cccc3cccc(C(=O)O)c23)CCN1. The van der Waals surface area contributed by atoms with Crippen LogP contribution in [-0.2, 0) is 4.79 Å². The molecule has 2 amide bonds. The molecule has 1 heterocycles. The van der Waals surface area contributed by atoms with Gasteiger partial charge >= 0.3 is 5.97 Å². The fourth-order valence-electron chi connectivity index (χ4n) is 2.68. The Hall–Kier alpha value is -2.89. The molecule has 6 heteroatoms. The lowest BCUT2D eigenvalue weighted by atomic mass is 9.98. The second-order valence-electron chi connectivity index (χ2n) is 5.09. The highest BCUT2D eigenvalue weighted by molar-refractivity contribution is 6.14. The molecule has 0 spiro atoms. The number of rotatable bonds is 2. The Morgan fingerprint density at radius 3 is 2.41 bits per heavy atom. The number of nitrogens with zero attached hydrogens (tertiary/aromatic N) is 1. The molecule has 0 saturated carbocycles. The number of hydrogen-bond acceptors (Lipinski definition) is 3. The van der Waals surface area contributed by atoms with Crippen LogP contribution >= 0.6 is 0 Å². The van der Waals surface area contributed by atoms with E-state index in [4.69, 9.17) is 0 Å². The standard InChI is InChI=1S/C16H14N2O4/c19-13-9-18(8-7-17-13)15(20)11-5-1-3-10-4-2-6-12(14(10)11)16(21)22/h1-6H,7-9H2,(H,17,19)(H,21,22). The van der Waals surface area contributed by atoms with E-state index in [-0.39, 0.29) is 23.9 Å². The number of hydrogen-bond donors (Lipinski definition) is 2. The fourth-order valence-corrected chi connectivity index (χ4v) is 2.68. The molecular formula is C16H14N2O4. The quantitative estimate of drug-likeness (QED) is 0.869. The number of carboxylic acid groups (broad SMARTS) is 1. The van der Waals surface area contributed by atoms with Crippen LogP contribution < -0.4 is 5.32 Å². The highest BCUT2D eigenvalue weighted by Crippen LogP contribution is 2.24. The summed E-state index contributed by atoms with van der Waals surface area (Å²) in [5, 5.41) is 13.1. The lowest BCUT2D eigenvalue weighted by Gasteiger charge is -2.27. The van der Waals surface area contributed by atoms with Gasteiger partial charge in [-0.25, -0.2) is 4.79 Å². The summed E-state index contributed by atoms with van der Waals surface area (Å²) in [4.78, 5) is 37.0. The zero-order chi connectivity index (χ0) is 15.7. The van der Waals surface area contributed by atoms with E-state index in [0.717, 1.165) is 0 Å². The molecule has 6 nitrogen and oxygen atoms in total. The average molecular weight is 298 g/mol. The summed E-state index contributed by atoms with van der Waals surface area (Å²) in [6, 6.07) is 9.97. The maximum absolute atomic E-state index is 12.7. The molecule has 3 rings (SSSR count). The zero-order valence-corrected chi connectivity index (χ0v) is 11.7. The number of aromatic carboxylic acids is 1. The Morgan fingerprint density at radius 2 is 1.77 bits per heavy atom. The van der Waals surface area contributed by atoms with Gasteiger partial charge in [0.05, 0.1) is 12.1 Å². The first-order valence-corrected chi connectivity index (χ1v) is 6.89. The average Bonchev–Trinajstić information content (AvgIpc) is 2.53. The first kappa shape index (κ1) is 14.1. The van der Waals surface area contributed by atoms with E-state index in [1.807, 2.05) is 0 Å². The van der Waals surface area contributed by atoms with Gasteiger partial charge < -0.3 is 15.3 Å². The first-order valence-electron chi connectivity index (χ1n) is 6.89. The summed E-state index contributed by atoms with van der Waals surface area (Å²) in [5.74, 6) is -1.62. The summed E-state index contributed by atoms with van der Waals surface area (Å²) in [6.45, 7) is 0.807. The van der Waals surface area contributed by atoms with Gasteiger partial charge in [0, 0.05) is 24.0 Å². The minimum Gasteiger partial charge on any atom is -0.478 e. The van der Waals surface area contributed by atoms with E-state index in [9.17, 15) is 19.5 Å². The van der Waals surface area contributed by atoms with Crippen molar-refractivity contribution < 1.29 is 19.5 Å². The molecule has 0 aromatic heterocycles. The molecule has 0 bridgehead atoms. The second kappa shape index (κ2) is 5.48. The summed E-state index contributed by atoms with van der Waals surface area (Å²) in [7, 11) is 0. The van der Waals surface area contributed by atoms with Crippen LogP contribution in [0.1, 0.15) is 20.7 Å². The van der Waals surface area contributed by atoms with Crippen molar-refractivity contribution in [3.63, 3.8) is 0 Å². The van der Waals surface area contributed by atoms with Crippen LogP contribution in [0.15, 0.2) is 36.4 Å². The number of benzene rings is 2. The summed E-state index contributed by atoms with van der Waals surface area (Å²) in [5.41, 5.74) is 0.396. The topological polar surface area (TPSA) is 86.7 Å². The minimum atomic E-state index is -1.08. The monoisotopic (exact) mass is 298 g/mol. The third kappa shape index (κ3) is 2.39.